The lowest BCUT2D eigenvalue weighted by Crippen LogP contribution is -2.36. The standard InChI is InChI=1S/C16H21FN2O3/c1-11(2)19-10-12(9-15(19)20)16(21)18-7-8-22-14-5-3-13(17)4-6-14/h3-6,11-12H,7-10H2,1-2H3,(H,18,21)/t12-/m1/s1. The zero-order valence-electron chi connectivity index (χ0n) is 12.8. The molecule has 1 aromatic carbocycles. The Morgan fingerprint density at radius 1 is 1.41 bits per heavy atom. The van der Waals surface area contributed by atoms with Gasteiger partial charge in [0.2, 0.25) is 11.8 Å². The van der Waals surface area contributed by atoms with Crippen molar-refractivity contribution in [2.24, 2.45) is 5.92 Å². The highest BCUT2D eigenvalue weighted by Crippen LogP contribution is 2.20. The normalized spacial score (nSPS) is 17.9. The third-order valence-electron chi connectivity index (χ3n) is 3.64. The van der Waals surface area contributed by atoms with Crippen LogP contribution in [0, 0.1) is 11.7 Å². The fourth-order valence-corrected chi connectivity index (χ4v) is 2.42. The molecule has 6 heteroatoms. The summed E-state index contributed by atoms with van der Waals surface area (Å²) in [6.45, 7) is 5.00. The second-order valence-corrected chi connectivity index (χ2v) is 5.63. The Morgan fingerprint density at radius 2 is 2.09 bits per heavy atom. The summed E-state index contributed by atoms with van der Waals surface area (Å²) in [5.41, 5.74) is 0. The van der Waals surface area contributed by atoms with Gasteiger partial charge in [0.05, 0.1) is 12.5 Å². The van der Waals surface area contributed by atoms with Crippen molar-refractivity contribution in [3.8, 4) is 5.75 Å². The van der Waals surface area contributed by atoms with Gasteiger partial charge in [-0.05, 0) is 38.1 Å². The van der Waals surface area contributed by atoms with Gasteiger partial charge in [-0.2, -0.15) is 0 Å². The summed E-state index contributed by atoms with van der Waals surface area (Å²) >= 11 is 0. The molecule has 0 saturated carbocycles. The largest absolute Gasteiger partial charge is 0.492 e. The number of hydrogen-bond donors (Lipinski definition) is 1. The second-order valence-electron chi connectivity index (χ2n) is 5.63. The van der Waals surface area contributed by atoms with E-state index < -0.39 is 0 Å². The number of benzene rings is 1. The maximum absolute atomic E-state index is 12.7. The van der Waals surface area contributed by atoms with Gasteiger partial charge in [0.25, 0.3) is 0 Å². The second kappa shape index (κ2) is 7.24. The smallest absolute Gasteiger partial charge is 0.225 e. The molecule has 1 fully saturated rings. The molecule has 0 aromatic heterocycles. The van der Waals surface area contributed by atoms with Gasteiger partial charge in [-0.25, -0.2) is 4.39 Å². The van der Waals surface area contributed by atoms with E-state index in [9.17, 15) is 14.0 Å². The van der Waals surface area contributed by atoms with Gasteiger partial charge in [0, 0.05) is 19.0 Å². The van der Waals surface area contributed by atoms with Crippen LogP contribution in [-0.4, -0.2) is 42.5 Å². The number of ether oxygens (including phenoxy) is 1. The van der Waals surface area contributed by atoms with Crippen molar-refractivity contribution in [3.63, 3.8) is 0 Å². The van der Waals surface area contributed by atoms with Crippen molar-refractivity contribution in [3.05, 3.63) is 30.1 Å². The van der Waals surface area contributed by atoms with Gasteiger partial charge in [-0.1, -0.05) is 0 Å². The Morgan fingerprint density at radius 3 is 2.68 bits per heavy atom. The summed E-state index contributed by atoms with van der Waals surface area (Å²) in [6, 6.07) is 5.82. The third kappa shape index (κ3) is 4.19. The fourth-order valence-electron chi connectivity index (χ4n) is 2.42. The van der Waals surface area contributed by atoms with E-state index in [4.69, 9.17) is 4.74 Å². The van der Waals surface area contributed by atoms with Crippen LogP contribution in [0.2, 0.25) is 0 Å². The first-order chi connectivity index (χ1) is 10.5. The Labute approximate surface area is 129 Å². The minimum absolute atomic E-state index is 0.0257. The molecule has 0 bridgehead atoms. The van der Waals surface area contributed by atoms with Crippen molar-refractivity contribution >= 4 is 11.8 Å². The fraction of sp³-hybridized carbons (Fsp3) is 0.500. The summed E-state index contributed by atoms with van der Waals surface area (Å²) < 4.78 is 18.1. The number of halogens is 1. The molecule has 1 aliphatic rings. The van der Waals surface area contributed by atoms with E-state index in [1.54, 1.807) is 4.90 Å². The van der Waals surface area contributed by atoms with Crippen molar-refractivity contribution in [2.45, 2.75) is 26.3 Å². The predicted molar refractivity (Wildman–Crippen MR) is 79.9 cm³/mol. The quantitative estimate of drug-likeness (QED) is 0.812. The summed E-state index contributed by atoms with van der Waals surface area (Å²) in [5.74, 6) is -0.156. The molecular formula is C16H21FN2O3. The minimum Gasteiger partial charge on any atom is -0.492 e. The maximum atomic E-state index is 12.7. The molecule has 1 atom stereocenters. The molecule has 120 valence electrons. The number of nitrogens with zero attached hydrogens (tertiary/aromatic N) is 1. The molecule has 0 spiro atoms. The van der Waals surface area contributed by atoms with Gasteiger partial charge >= 0.3 is 0 Å². The molecular weight excluding hydrogens is 287 g/mol. The van der Waals surface area contributed by atoms with Gasteiger partial charge in [0.1, 0.15) is 18.2 Å². The highest BCUT2D eigenvalue weighted by molar-refractivity contribution is 5.89. The number of likely N-dealkylation sites (tertiary alicyclic amines) is 1. The van der Waals surface area contributed by atoms with Crippen LogP contribution in [0.4, 0.5) is 4.39 Å². The van der Waals surface area contributed by atoms with E-state index >= 15 is 0 Å². The molecule has 1 saturated heterocycles. The average Bonchev–Trinajstić information content (AvgIpc) is 2.87. The predicted octanol–water partition coefficient (Wildman–Crippen LogP) is 1.58. The van der Waals surface area contributed by atoms with Crippen LogP contribution in [0.15, 0.2) is 24.3 Å². The van der Waals surface area contributed by atoms with Crippen LogP contribution in [0.3, 0.4) is 0 Å². The molecule has 1 N–H and O–H groups in total. The van der Waals surface area contributed by atoms with Crippen LogP contribution in [0.5, 0.6) is 5.75 Å². The van der Waals surface area contributed by atoms with E-state index in [1.165, 1.54) is 24.3 Å². The lowest BCUT2D eigenvalue weighted by atomic mass is 10.1. The molecule has 1 heterocycles. The van der Waals surface area contributed by atoms with Crippen molar-refractivity contribution in [1.82, 2.24) is 10.2 Å². The average molecular weight is 308 g/mol. The Bertz CT molecular complexity index is 531. The first kappa shape index (κ1) is 16.3. The number of hydrogen-bond acceptors (Lipinski definition) is 3. The summed E-state index contributed by atoms with van der Waals surface area (Å²) in [5, 5.41) is 2.77. The Hall–Kier alpha value is -2.11. The van der Waals surface area contributed by atoms with Crippen LogP contribution >= 0.6 is 0 Å². The molecule has 1 aliphatic heterocycles. The first-order valence-electron chi connectivity index (χ1n) is 7.43. The van der Waals surface area contributed by atoms with E-state index in [1.807, 2.05) is 13.8 Å². The number of carbonyl (C=O) groups is 2. The lowest BCUT2D eigenvalue weighted by Gasteiger charge is -2.20. The molecule has 2 amide bonds. The van der Waals surface area contributed by atoms with E-state index in [-0.39, 0.29) is 36.0 Å². The Balaban J connectivity index is 1.70. The SMILES string of the molecule is CC(C)N1C[C@H](C(=O)NCCOc2ccc(F)cc2)CC1=O. The van der Waals surface area contributed by atoms with Gasteiger partial charge in [0.15, 0.2) is 0 Å². The third-order valence-corrected chi connectivity index (χ3v) is 3.64. The number of carbonyl (C=O) groups excluding carboxylic acids is 2. The number of rotatable bonds is 6. The van der Waals surface area contributed by atoms with Crippen molar-refractivity contribution in [2.75, 3.05) is 19.7 Å². The molecule has 2 rings (SSSR count). The lowest BCUT2D eigenvalue weighted by molar-refractivity contribution is -0.129. The van der Waals surface area contributed by atoms with E-state index in [0.29, 0.717) is 25.4 Å². The van der Waals surface area contributed by atoms with Crippen LogP contribution < -0.4 is 10.1 Å². The highest BCUT2D eigenvalue weighted by atomic mass is 19.1. The zero-order valence-corrected chi connectivity index (χ0v) is 12.8. The molecule has 0 radical (unpaired) electrons. The topological polar surface area (TPSA) is 58.6 Å². The summed E-state index contributed by atoms with van der Waals surface area (Å²) in [4.78, 5) is 25.5. The minimum atomic E-state index is -0.318. The molecule has 22 heavy (non-hydrogen) atoms. The molecule has 0 unspecified atom stereocenters. The summed E-state index contributed by atoms with van der Waals surface area (Å²) in [6.07, 6.45) is 0.267. The molecule has 0 aliphatic carbocycles. The molecule has 5 nitrogen and oxygen atoms in total. The van der Waals surface area contributed by atoms with Crippen LogP contribution in [-0.2, 0) is 9.59 Å². The first-order valence-corrected chi connectivity index (χ1v) is 7.43. The number of nitrogens with one attached hydrogen (secondary N) is 1. The van der Waals surface area contributed by atoms with Gasteiger partial charge < -0.3 is 15.0 Å². The van der Waals surface area contributed by atoms with Crippen molar-refractivity contribution < 1.29 is 18.7 Å². The van der Waals surface area contributed by atoms with Gasteiger partial charge in [-0.15, -0.1) is 0 Å². The maximum Gasteiger partial charge on any atom is 0.225 e. The van der Waals surface area contributed by atoms with E-state index in [2.05, 4.69) is 5.32 Å². The van der Waals surface area contributed by atoms with Gasteiger partial charge in [-0.3, -0.25) is 9.59 Å². The monoisotopic (exact) mass is 308 g/mol. The van der Waals surface area contributed by atoms with Crippen LogP contribution in [0.1, 0.15) is 20.3 Å². The van der Waals surface area contributed by atoms with Crippen molar-refractivity contribution in [1.29, 1.82) is 0 Å². The van der Waals surface area contributed by atoms with Crippen LogP contribution in [0.25, 0.3) is 0 Å². The zero-order chi connectivity index (χ0) is 16.1. The molecule has 1 aromatic rings. The Kier molecular flexibility index (Phi) is 5.35. The number of amides is 2. The summed E-state index contributed by atoms with van der Waals surface area (Å²) in [7, 11) is 0. The van der Waals surface area contributed by atoms with E-state index in [0.717, 1.165) is 0 Å². The highest BCUT2D eigenvalue weighted by Gasteiger charge is 2.35.